The van der Waals surface area contributed by atoms with Crippen molar-refractivity contribution in [2.75, 3.05) is 6.61 Å². The molecule has 2 nitrogen and oxygen atoms in total. The Bertz CT molecular complexity index is 238. The first kappa shape index (κ1) is 16.7. The Labute approximate surface area is 98.8 Å². The molecule has 88 valence electrons. The fraction of sp³-hybridized carbons (Fsp3) is 0.583. The molecule has 0 aliphatic heterocycles. The molecule has 15 heavy (non-hydrogen) atoms. The van der Waals surface area contributed by atoms with Crippen molar-refractivity contribution < 1.29 is 9.53 Å². The highest BCUT2D eigenvalue weighted by Gasteiger charge is 1.91. The van der Waals surface area contributed by atoms with Gasteiger partial charge in [-0.3, -0.25) is 4.79 Å². The number of esters is 1. The zero-order valence-corrected chi connectivity index (χ0v) is 10.8. The van der Waals surface area contributed by atoms with Crippen molar-refractivity contribution in [3.8, 4) is 0 Å². The molecule has 0 unspecified atom stereocenters. The predicted molar refractivity (Wildman–Crippen MR) is 66.3 cm³/mol. The van der Waals surface area contributed by atoms with Crippen LogP contribution in [0.1, 0.15) is 40.5 Å². The average molecular weight is 233 g/mol. The molecule has 0 rings (SSSR count). The number of hydrogen-bond acceptors (Lipinski definition) is 2. The zero-order chi connectivity index (χ0) is 11.0. The summed E-state index contributed by atoms with van der Waals surface area (Å²) in [5.41, 5.74) is 2.61. The van der Waals surface area contributed by atoms with E-state index < -0.39 is 0 Å². The minimum atomic E-state index is -0.224. The van der Waals surface area contributed by atoms with Crippen molar-refractivity contribution in [2.45, 2.75) is 40.5 Å². The van der Waals surface area contributed by atoms with Crippen molar-refractivity contribution in [1.82, 2.24) is 0 Å². The van der Waals surface area contributed by atoms with Crippen LogP contribution in [0.5, 0.6) is 0 Å². The van der Waals surface area contributed by atoms with Crippen LogP contribution in [-0.2, 0) is 9.53 Å². The summed E-state index contributed by atoms with van der Waals surface area (Å²) in [5.74, 6) is -0.224. The summed E-state index contributed by atoms with van der Waals surface area (Å²) in [7, 11) is 0. The van der Waals surface area contributed by atoms with Gasteiger partial charge in [0.05, 0.1) is 0 Å². The van der Waals surface area contributed by atoms with Crippen LogP contribution >= 0.6 is 12.4 Å². The molecule has 0 amide bonds. The van der Waals surface area contributed by atoms with Gasteiger partial charge >= 0.3 is 5.97 Å². The van der Waals surface area contributed by atoms with Gasteiger partial charge in [-0.1, -0.05) is 17.2 Å². The van der Waals surface area contributed by atoms with Gasteiger partial charge in [-0.25, -0.2) is 0 Å². The minimum absolute atomic E-state index is 0. The van der Waals surface area contributed by atoms with E-state index >= 15 is 0 Å². The van der Waals surface area contributed by atoms with E-state index in [1.54, 1.807) is 0 Å². The molecule has 0 fully saturated rings. The van der Waals surface area contributed by atoms with Crippen LogP contribution in [0.2, 0.25) is 0 Å². The molecular formula is C12H21ClO2. The van der Waals surface area contributed by atoms with Crippen molar-refractivity contribution >= 4 is 18.4 Å². The zero-order valence-electron chi connectivity index (χ0n) is 10.0. The second-order valence-electron chi connectivity index (χ2n) is 3.67. The monoisotopic (exact) mass is 232 g/mol. The first-order valence-electron chi connectivity index (χ1n) is 4.94. The van der Waals surface area contributed by atoms with Crippen LogP contribution < -0.4 is 0 Å². The van der Waals surface area contributed by atoms with E-state index in [-0.39, 0.29) is 18.4 Å². The van der Waals surface area contributed by atoms with Crippen molar-refractivity contribution in [3.63, 3.8) is 0 Å². The highest BCUT2D eigenvalue weighted by Crippen LogP contribution is 2.06. The third-order valence-electron chi connectivity index (χ3n) is 1.81. The smallest absolute Gasteiger partial charge is 0.302 e. The Morgan fingerprint density at radius 1 is 1.13 bits per heavy atom. The Kier molecular flexibility index (Phi) is 10.9. The lowest BCUT2D eigenvalue weighted by molar-refractivity contribution is -0.139. The lowest BCUT2D eigenvalue weighted by Crippen LogP contribution is -1.98. The molecule has 0 saturated carbocycles. The maximum absolute atomic E-state index is 10.5. The molecule has 0 atom stereocenters. The van der Waals surface area contributed by atoms with Gasteiger partial charge in [-0.05, 0) is 39.7 Å². The van der Waals surface area contributed by atoms with E-state index in [0.29, 0.717) is 6.61 Å². The maximum atomic E-state index is 10.5. The maximum Gasteiger partial charge on any atom is 0.302 e. The summed E-state index contributed by atoms with van der Waals surface area (Å²) in [6.07, 6.45) is 6.26. The summed E-state index contributed by atoms with van der Waals surface area (Å²) in [5, 5.41) is 0. The molecule has 0 bridgehead atoms. The molecule has 0 saturated heterocycles. The van der Waals surface area contributed by atoms with Gasteiger partial charge in [-0.15, -0.1) is 12.4 Å². The normalized spacial score (nSPS) is 10.3. The topological polar surface area (TPSA) is 26.3 Å². The van der Waals surface area contributed by atoms with Gasteiger partial charge < -0.3 is 4.74 Å². The van der Waals surface area contributed by atoms with Gasteiger partial charge in [0.25, 0.3) is 0 Å². The first-order valence-corrected chi connectivity index (χ1v) is 4.94. The highest BCUT2D eigenvalue weighted by molar-refractivity contribution is 5.85. The van der Waals surface area contributed by atoms with E-state index in [4.69, 9.17) is 4.74 Å². The second kappa shape index (κ2) is 9.78. The molecule has 0 radical (unpaired) electrons. The molecule has 0 aliphatic carbocycles. The molecule has 0 spiro atoms. The molecule has 0 aliphatic rings. The van der Waals surface area contributed by atoms with E-state index in [0.717, 1.165) is 12.8 Å². The average Bonchev–Trinajstić information content (AvgIpc) is 2.02. The number of rotatable bonds is 5. The predicted octanol–water partition coefficient (Wildman–Crippen LogP) is 3.66. The van der Waals surface area contributed by atoms with Crippen LogP contribution in [0.3, 0.4) is 0 Å². The molecule has 0 aromatic rings. The molecule has 0 N–H and O–H groups in total. The van der Waals surface area contributed by atoms with Crippen molar-refractivity contribution in [2.24, 2.45) is 0 Å². The van der Waals surface area contributed by atoms with Crippen LogP contribution in [-0.4, -0.2) is 12.6 Å². The van der Waals surface area contributed by atoms with E-state index in [9.17, 15) is 4.79 Å². The second-order valence-corrected chi connectivity index (χ2v) is 3.67. The highest BCUT2D eigenvalue weighted by atomic mass is 35.5. The summed E-state index contributed by atoms with van der Waals surface area (Å²) < 4.78 is 4.81. The van der Waals surface area contributed by atoms with Gasteiger partial charge in [0.15, 0.2) is 0 Å². The Morgan fingerprint density at radius 3 is 2.20 bits per heavy atom. The summed E-state index contributed by atoms with van der Waals surface area (Å²) in [6.45, 7) is 8.07. The van der Waals surface area contributed by atoms with E-state index in [2.05, 4.69) is 26.8 Å². The fourth-order valence-electron chi connectivity index (χ4n) is 0.992. The third kappa shape index (κ3) is 13.2. The van der Waals surface area contributed by atoms with Crippen molar-refractivity contribution in [3.05, 3.63) is 23.3 Å². The Morgan fingerprint density at radius 2 is 1.73 bits per heavy atom. The van der Waals surface area contributed by atoms with Gasteiger partial charge in [0.2, 0.25) is 0 Å². The molecular weight excluding hydrogens is 212 g/mol. The standard InChI is InChI=1S/C12H20O2.ClH/c1-10(2)6-5-7-11(3)8-9-14-12(4)13;/h6,8H,5,7,9H2,1-4H3;1H/b11-8-;. The number of allylic oxidation sites excluding steroid dienone is 3. The molecule has 0 heterocycles. The Hall–Kier alpha value is -0.760. The number of hydrogen-bond donors (Lipinski definition) is 0. The summed E-state index contributed by atoms with van der Waals surface area (Å²) >= 11 is 0. The summed E-state index contributed by atoms with van der Waals surface area (Å²) in [6, 6.07) is 0. The Balaban J connectivity index is 0. The van der Waals surface area contributed by atoms with Gasteiger partial charge in [0, 0.05) is 6.92 Å². The van der Waals surface area contributed by atoms with Gasteiger partial charge in [-0.2, -0.15) is 0 Å². The van der Waals surface area contributed by atoms with Crippen LogP contribution in [0.15, 0.2) is 23.3 Å². The minimum Gasteiger partial charge on any atom is -0.462 e. The SMILES string of the molecule is CC(=O)OC/C=C(/C)CCC=C(C)C.Cl. The molecule has 3 heteroatoms. The van der Waals surface area contributed by atoms with E-state index in [1.807, 2.05) is 6.08 Å². The summed E-state index contributed by atoms with van der Waals surface area (Å²) in [4.78, 5) is 10.5. The molecule has 0 aromatic heterocycles. The lowest BCUT2D eigenvalue weighted by atomic mass is 10.1. The third-order valence-corrected chi connectivity index (χ3v) is 1.81. The lowest BCUT2D eigenvalue weighted by Gasteiger charge is -2.00. The fourth-order valence-corrected chi connectivity index (χ4v) is 0.992. The van der Waals surface area contributed by atoms with Crippen LogP contribution in [0.25, 0.3) is 0 Å². The number of carbonyl (C=O) groups is 1. The largest absolute Gasteiger partial charge is 0.462 e. The van der Waals surface area contributed by atoms with Crippen LogP contribution in [0, 0.1) is 0 Å². The number of halogens is 1. The van der Waals surface area contributed by atoms with Crippen molar-refractivity contribution in [1.29, 1.82) is 0 Å². The quantitative estimate of drug-likeness (QED) is 0.534. The van der Waals surface area contributed by atoms with Gasteiger partial charge in [0.1, 0.15) is 6.61 Å². The number of ether oxygens (including phenoxy) is 1. The number of carbonyl (C=O) groups excluding carboxylic acids is 1. The molecule has 0 aromatic carbocycles. The first-order chi connectivity index (χ1) is 6.52. The van der Waals surface area contributed by atoms with Crippen LogP contribution in [0.4, 0.5) is 0 Å². The van der Waals surface area contributed by atoms with E-state index in [1.165, 1.54) is 18.1 Å².